The third kappa shape index (κ3) is 8.03. The van der Waals surface area contributed by atoms with Crippen molar-refractivity contribution in [1.82, 2.24) is 10.2 Å². The summed E-state index contributed by atoms with van der Waals surface area (Å²) in [6.45, 7) is 6.94. The summed E-state index contributed by atoms with van der Waals surface area (Å²) in [5.74, 6) is -0.343. The highest BCUT2D eigenvalue weighted by Gasteiger charge is 2.15. The molecule has 0 heterocycles. The number of ether oxygens (including phenoxy) is 2. The molecule has 0 bridgehead atoms. The summed E-state index contributed by atoms with van der Waals surface area (Å²) in [5, 5.41) is 2.75. The number of carbonyl (C=O) groups excluding carboxylic acids is 2. The normalized spacial score (nSPS) is 10.5. The van der Waals surface area contributed by atoms with Crippen molar-refractivity contribution in [2.24, 2.45) is 0 Å². The molecule has 0 aromatic carbocycles. The molecule has 0 saturated carbocycles. The van der Waals surface area contributed by atoms with Crippen molar-refractivity contribution in [2.75, 3.05) is 40.0 Å². The van der Waals surface area contributed by atoms with Crippen molar-refractivity contribution < 1.29 is 19.1 Å². The maximum atomic E-state index is 11.7. The number of hydrogen-bond donors (Lipinski definition) is 1. The molecule has 6 nitrogen and oxygen atoms in total. The van der Waals surface area contributed by atoms with Crippen LogP contribution in [-0.2, 0) is 19.1 Å². The van der Waals surface area contributed by atoms with Gasteiger partial charge in [0.2, 0.25) is 11.8 Å². The minimum absolute atomic E-state index is 0.0217. The Morgan fingerprint density at radius 3 is 2.44 bits per heavy atom. The number of nitrogens with zero attached hydrogens (tertiary/aromatic N) is 1. The summed E-state index contributed by atoms with van der Waals surface area (Å²) < 4.78 is 9.94. The maximum absolute atomic E-state index is 11.7. The van der Waals surface area contributed by atoms with Gasteiger partial charge in [-0.2, -0.15) is 0 Å². The molecule has 0 aliphatic carbocycles. The standard InChI is InChI=1S/C12H24N2O4/c1-5-14(8-11(15)13-10(2)3)12(16)9-18-7-6-17-4/h10H,5-9H2,1-4H3,(H,13,15). The smallest absolute Gasteiger partial charge is 0.249 e. The first-order valence-corrected chi connectivity index (χ1v) is 6.15. The molecule has 0 atom stereocenters. The molecule has 1 N–H and O–H groups in total. The molecule has 0 aliphatic rings. The first-order chi connectivity index (χ1) is 8.51. The van der Waals surface area contributed by atoms with Gasteiger partial charge in [0.15, 0.2) is 0 Å². The van der Waals surface area contributed by atoms with E-state index in [-0.39, 0.29) is 31.0 Å². The Balaban J connectivity index is 3.99. The zero-order valence-electron chi connectivity index (χ0n) is 11.7. The van der Waals surface area contributed by atoms with Crippen LogP contribution < -0.4 is 5.32 Å². The van der Waals surface area contributed by atoms with E-state index in [0.29, 0.717) is 19.8 Å². The van der Waals surface area contributed by atoms with Crippen LogP contribution in [0.15, 0.2) is 0 Å². The maximum Gasteiger partial charge on any atom is 0.249 e. The van der Waals surface area contributed by atoms with E-state index in [2.05, 4.69) is 5.32 Å². The highest BCUT2D eigenvalue weighted by molar-refractivity contribution is 5.85. The second-order valence-electron chi connectivity index (χ2n) is 4.18. The summed E-state index contributed by atoms with van der Waals surface area (Å²) in [6, 6.07) is 0.0734. The average molecular weight is 260 g/mol. The molecular formula is C12H24N2O4. The fourth-order valence-electron chi connectivity index (χ4n) is 1.31. The van der Waals surface area contributed by atoms with Gasteiger partial charge in [0, 0.05) is 19.7 Å². The summed E-state index contributed by atoms with van der Waals surface area (Å²) in [6.07, 6.45) is 0. The van der Waals surface area contributed by atoms with Gasteiger partial charge >= 0.3 is 0 Å². The van der Waals surface area contributed by atoms with Crippen molar-refractivity contribution in [2.45, 2.75) is 26.8 Å². The summed E-state index contributed by atoms with van der Waals surface area (Å²) in [5.41, 5.74) is 0. The van der Waals surface area contributed by atoms with Crippen molar-refractivity contribution in [3.05, 3.63) is 0 Å². The van der Waals surface area contributed by atoms with Gasteiger partial charge in [-0.05, 0) is 20.8 Å². The fraction of sp³-hybridized carbons (Fsp3) is 0.833. The SMILES string of the molecule is CCN(CC(=O)NC(C)C)C(=O)COCCOC. The molecule has 0 spiro atoms. The molecule has 0 radical (unpaired) electrons. The van der Waals surface area contributed by atoms with E-state index in [9.17, 15) is 9.59 Å². The third-order valence-corrected chi connectivity index (χ3v) is 2.18. The van der Waals surface area contributed by atoms with E-state index in [1.165, 1.54) is 4.90 Å². The summed E-state index contributed by atoms with van der Waals surface area (Å²) >= 11 is 0. The Morgan fingerprint density at radius 2 is 1.94 bits per heavy atom. The van der Waals surface area contributed by atoms with E-state index < -0.39 is 0 Å². The molecule has 0 rings (SSSR count). The van der Waals surface area contributed by atoms with Gasteiger partial charge in [-0.25, -0.2) is 0 Å². The summed E-state index contributed by atoms with van der Waals surface area (Å²) in [7, 11) is 1.57. The lowest BCUT2D eigenvalue weighted by atomic mass is 10.3. The lowest BCUT2D eigenvalue weighted by molar-refractivity contribution is -0.140. The summed E-state index contributed by atoms with van der Waals surface area (Å²) in [4.78, 5) is 24.7. The highest BCUT2D eigenvalue weighted by Crippen LogP contribution is 1.92. The van der Waals surface area contributed by atoms with Gasteiger partial charge in [0.05, 0.1) is 19.8 Å². The Kier molecular flexibility index (Phi) is 9.22. The molecule has 6 heteroatoms. The second kappa shape index (κ2) is 9.85. The van der Waals surface area contributed by atoms with Gasteiger partial charge in [-0.3, -0.25) is 9.59 Å². The minimum Gasteiger partial charge on any atom is -0.382 e. The quantitative estimate of drug-likeness (QED) is 0.594. The number of likely N-dealkylation sites (N-methyl/N-ethyl adjacent to an activating group) is 1. The van der Waals surface area contributed by atoms with E-state index in [4.69, 9.17) is 9.47 Å². The molecule has 18 heavy (non-hydrogen) atoms. The lowest BCUT2D eigenvalue weighted by Crippen LogP contribution is -2.43. The van der Waals surface area contributed by atoms with Crippen LogP contribution in [0.2, 0.25) is 0 Å². The molecule has 0 saturated heterocycles. The highest BCUT2D eigenvalue weighted by atomic mass is 16.5. The lowest BCUT2D eigenvalue weighted by Gasteiger charge is -2.21. The average Bonchev–Trinajstić information content (AvgIpc) is 2.30. The third-order valence-electron chi connectivity index (χ3n) is 2.18. The molecule has 106 valence electrons. The van der Waals surface area contributed by atoms with Gasteiger partial charge < -0.3 is 19.7 Å². The van der Waals surface area contributed by atoms with Crippen LogP contribution in [0.5, 0.6) is 0 Å². The molecular weight excluding hydrogens is 236 g/mol. The number of rotatable bonds is 9. The van der Waals surface area contributed by atoms with Gasteiger partial charge in [-0.1, -0.05) is 0 Å². The van der Waals surface area contributed by atoms with Crippen molar-refractivity contribution >= 4 is 11.8 Å². The van der Waals surface area contributed by atoms with Crippen molar-refractivity contribution in [3.8, 4) is 0 Å². The van der Waals surface area contributed by atoms with Crippen LogP contribution >= 0.6 is 0 Å². The van der Waals surface area contributed by atoms with Crippen LogP contribution in [0.1, 0.15) is 20.8 Å². The number of methoxy groups -OCH3 is 1. The van der Waals surface area contributed by atoms with E-state index >= 15 is 0 Å². The Hall–Kier alpha value is -1.14. The molecule has 0 aromatic rings. The van der Waals surface area contributed by atoms with Gasteiger partial charge in [0.25, 0.3) is 0 Å². The predicted octanol–water partition coefficient (Wildman–Crippen LogP) is 0.0225. The van der Waals surface area contributed by atoms with E-state index in [1.807, 2.05) is 20.8 Å². The zero-order valence-corrected chi connectivity index (χ0v) is 11.7. The van der Waals surface area contributed by atoms with Crippen LogP contribution in [-0.4, -0.2) is 62.8 Å². The molecule has 2 amide bonds. The number of hydrogen-bond acceptors (Lipinski definition) is 4. The first-order valence-electron chi connectivity index (χ1n) is 6.15. The molecule has 0 aromatic heterocycles. The van der Waals surface area contributed by atoms with E-state index in [0.717, 1.165) is 0 Å². The van der Waals surface area contributed by atoms with Crippen LogP contribution in [0.4, 0.5) is 0 Å². The largest absolute Gasteiger partial charge is 0.382 e. The van der Waals surface area contributed by atoms with Gasteiger partial charge in [0.1, 0.15) is 6.61 Å². The fourth-order valence-corrected chi connectivity index (χ4v) is 1.31. The first kappa shape index (κ1) is 16.9. The van der Waals surface area contributed by atoms with E-state index in [1.54, 1.807) is 7.11 Å². The number of carbonyl (C=O) groups is 2. The minimum atomic E-state index is -0.187. The Bertz CT molecular complexity index is 256. The van der Waals surface area contributed by atoms with Crippen LogP contribution in [0.3, 0.4) is 0 Å². The topological polar surface area (TPSA) is 67.9 Å². The van der Waals surface area contributed by atoms with Crippen molar-refractivity contribution in [3.63, 3.8) is 0 Å². The van der Waals surface area contributed by atoms with Gasteiger partial charge in [-0.15, -0.1) is 0 Å². The molecule has 0 fully saturated rings. The monoisotopic (exact) mass is 260 g/mol. The van der Waals surface area contributed by atoms with Crippen LogP contribution in [0, 0.1) is 0 Å². The Morgan fingerprint density at radius 1 is 1.28 bits per heavy atom. The van der Waals surface area contributed by atoms with Crippen molar-refractivity contribution in [1.29, 1.82) is 0 Å². The predicted molar refractivity (Wildman–Crippen MR) is 68.2 cm³/mol. The second-order valence-corrected chi connectivity index (χ2v) is 4.18. The van der Waals surface area contributed by atoms with Crippen LogP contribution in [0.25, 0.3) is 0 Å². The molecule has 0 aliphatic heterocycles. The number of amides is 2. The molecule has 0 unspecified atom stereocenters. The number of nitrogens with one attached hydrogen (secondary N) is 1. The Labute approximate surface area is 109 Å². The zero-order chi connectivity index (χ0) is 14.0.